The monoisotopic (exact) mass is 219 g/mol. The van der Waals surface area contributed by atoms with E-state index in [9.17, 15) is 4.39 Å². The van der Waals surface area contributed by atoms with E-state index in [2.05, 4.69) is 10.3 Å². The fourth-order valence-corrected chi connectivity index (χ4v) is 2.33. The second-order valence-electron chi connectivity index (χ2n) is 4.31. The van der Waals surface area contributed by atoms with E-state index in [1.54, 1.807) is 12.4 Å². The number of imidazole rings is 1. The fourth-order valence-electron chi connectivity index (χ4n) is 2.33. The van der Waals surface area contributed by atoms with Gasteiger partial charge in [0.25, 0.3) is 0 Å². The molecule has 1 atom stereocenters. The van der Waals surface area contributed by atoms with Crippen LogP contribution in [0.25, 0.3) is 5.52 Å². The molecule has 1 unspecified atom stereocenters. The zero-order chi connectivity index (χ0) is 11.0. The summed E-state index contributed by atoms with van der Waals surface area (Å²) in [5.74, 6) is 0.798. The number of fused-ring (bicyclic) bond motifs is 1. The molecule has 3 nitrogen and oxygen atoms in total. The first-order valence-corrected chi connectivity index (χ1v) is 5.68. The predicted octanol–water partition coefficient (Wildman–Crippen LogP) is 1.77. The van der Waals surface area contributed by atoms with E-state index in [0.717, 1.165) is 24.3 Å². The lowest BCUT2D eigenvalue weighted by Crippen LogP contribution is -2.24. The highest BCUT2D eigenvalue weighted by Crippen LogP contribution is 2.14. The van der Waals surface area contributed by atoms with Crippen molar-refractivity contribution in [1.29, 1.82) is 0 Å². The van der Waals surface area contributed by atoms with E-state index in [1.807, 2.05) is 4.40 Å². The van der Waals surface area contributed by atoms with Gasteiger partial charge in [0, 0.05) is 18.7 Å². The van der Waals surface area contributed by atoms with Gasteiger partial charge in [-0.05, 0) is 31.5 Å². The van der Waals surface area contributed by atoms with Crippen molar-refractivity contribution >= 4 is 5.52 Å². The zero-order valence-corrected chi connectivity index (χ0v) is 8.99. The molecule has 1 aliphatic rings. The Balaban J connectivity index is 1.91. The number of nitrogens with one attached hydrogen (secondary N) is 1. The summed E-state index contributed by atoms with van der Waals surface area (Å²) in [6, 6.07) is 3.51. The van der Waals surface area contributed by atoms with Crippen LogP contribution in [0.15, 0.2) is 24.5 Å². The number of aromatic nitrogens is 2. The van der Waals surface area contributed by atoms with Crippen LogP contribution in [-0.2, 0) is 6.42 Å². The molecule has 0 aromatic carbocycles. The minimum absolute atomic E-state index is 0.210. The molecule has 0 radical (unpaired) electrons. The SMILES string of the molecule is Fc1ccn2c(CC3CCCN3)ncc2c1. The molecule has 4 heteroatoms. The van der Waals surface area contributed by atoms with Crippen LogP contribution < -0.4 is 5.32 Å². The van der Waals surface area contributed by atoms with E-state index in [4.69, 9.17) is 0 Å². The van der Waals surface area contributed by atoms with Crippen molar-refractivity contribution in [3.05, 3.63) is 36.2 Å². The van der Waals surface area contributed by atoms with Gasteiger partial charge in [-0.25, -0.2) is 9.37 Å². The molecule has 2 aromatic heterocycles. The van der Waals surface area contributed by atoms with Crippen LogP contribution in [0.5, 0.6) is 0 Å². The van der Waals surface area contributed by atoms with Crippen molar-refractivity contribution in [2.24, 2.45) is 0 Å². The van der Waals surface area contributed by atoms with Crippen molar-refractivity contribution in [2.45, 2.75) is 25.3 Å². The molecular formula is C12H14FN3. The summed E-state index contributed by atoms with van der Waals surface area (Å²) in [6.07, 6.45) is 6.84. The molecule has 0 bridgehead atoms. The molecule has 3 rings (SSSR count). The average molecular weight is 219 g/mol. The van der Waals surface area contributed by atoms with Gasteiger partial charge < -0.3 is 9.72 Å². The lowest BCUT2D eigenvalue weighted by Gasteiger charge is -2.08. The number of hydrogen-bond donors (Lipinski definition) is 1. The van der Waals surface area contributed by atoms with Gasteiger partial charge in [0.1, 0.15) is 11.6 Å². The van der Waals surface area contributed by atoms with Crippen LogP contribution in [-0.4, -0.2) is 22.0 Å². The van der Waals surface area contributed by atoms with Crippen molar-refractivity contribution in [3.8, 4) is 0 Å². The molecule has 0 amide bonds. The lowest BCUT2D eigenvalue weighted by atomic mass is 10.1. The minimum Gasteiger partial charge on any atom is -0.314 e. The molecule has 1 saturated heterocycles. The highest BCUT2D eigenvalue weighted by Gasteiger charge is 2.16. The summed E-state index contributed by atoms with van der Waals surface area (Å²) in [4.78, 5) is 4.36. The van der Waals surface area contributed by atoms with Gasteiger partial charge in [0.2, 0.25) is 0 Å². The Bertz CT molecular complexity index is 500. The van der Waals surface area contributed by atoms with E-state index in [-0.39, 0.29) is 5.82 Å². The summed E-state index contributed by atoms with van der Waals surface area (Å²) in [7, 11) is 0. The third kappa shape index (κ3) is 1.69. The van der Waals surface area contributed by atoms with Crippen molar-refractivity contribution in [2.75, 3.05) is 6.54 Å². The van der Waals surface area contributed by atoms with Crippen LogP contribution in [0.1, 0.15) is 18.7 Å². The Morgan fingerprint density at radius 2 is 2.50 bits per heavy atom. The van der Waals surface area contributed by atoms with Gasteiger partial charge in [0.15, 0.2) is 0 Å². The minimum atomic E-state index is -0.210. The Kier molecular flexibility index (Phi) is 2.36. The summed E-state index contributed by atoms with van der Waals surface area (Å²) in [5.41, 5.74) is 0.827. The van der Waals surface area contributed by atoms with Crippen molar-refractivity contribution in [1.82, 2.24) is 14.7 Å². The molecule has 1 aliphatic heterocycles. The third-order valence-corrected chi connectivity index (χ3v) is 3.16. The van der Waals surface area contributed by atoms with Gasteiger partial charge in [-0.3, -0.25) is 0 Å². The summed E-state index contributed by atoms with van der Waals surface area (Å²) in [6.45, 7) is 1.10. The maximum absolute atomic E-state index is 13.0. The fraction of sp³-hybridized carbons (Fsp3) is 0.417. The highest BCUT2D eigenvalue weighted by atomic mass is 19.1. The normalized spacial score (nSPS) is 20.7. The standard InChI is InChI=1S/C12H14FN3/c13-9-3-5-16-11(6-9)8-15-12(16)7-10-2-1-4-14-10/h3,5-6,8,10,14H,1-2,4,7H2. The highest BCUT2D eigenvalue weighted by molar-refractivity contribution is 5.46. The molecule has 3 heterocycles. The van der Waals surface area contributed by atoms with Crippen LogP contribution >= 0.6 is 0 Å². The summed E-state index contributed by atoms with van der Waals surface area (Å²) in [5, 5.41) is 3.44. The van der Waals surface area contributed by atoms with E-state index < -0.39 is 0 Å². The van der Waals surface area contributed by atoms with Gasteiger partial charge >= 0.3 is 0 Å². The third-order valence-electron chi connectivity index (χ3n) is 3.16. The van der Waals surface area contributed by atoms with Gasteiger partial charge in [-0.2, -0.15) is 0 Å². The second-order valence-corrected chi connectivity index (χ2v) is 4.31. The molecule has 0 spiro atoms. The molecule has 84 valence electrons. The molecule has 1 N–H and O–H groups in total. The lowest BCUT2D eigenvalue weighted by molar-refractivity contribution is 0.583. The van der Waals surface area contributed by atoms with Crippen LogP contribution in [0, 0.1) is 5.82 Å². The first-order chi connectivity index (χ1) is 7.83. The largest absolute Gasteiger partial charge is 0.314 e. The van der Waals surface area contributed by atoms with Gasteiger partial charge in [-0.1, -0.05) is 0 Å². The molecule has 1 fully saturated rings. The zero-order valence-electron chi connectivity index (χ0n) is 8.99. The van der Waals surface area contributed by atoms with Crippen molar-refractivity contribution < 1.29 is 4.39 Å². The van der Waals surface area contributed by atoms with E-state index in [1.165, 1.54) is 25.0 Å². The van der Waals surface area contributed by atoms with E-state index in [0.29, 0.717) is 6.04 Å². The number of nitrogens with zero attached hydrogens (tertiary/aromatic N) is 2. The van der Waals surface area contributed by atoms with Crippen LogP contribution in [0.2, 0.25) is 0 Å². The van der Waals surface area contributed by atoms with Gasteiger partial charge in [0.05, 0.1) is 11.7 Å². The predicted molar refractivity (Wildman–Crippen MR) is 59.9 cm³/mol. The second kappa shape index (κ2) is 3.87. The number of pyridine rings is 1. The Labute approximate surface area is 93.3 Å². The Hall–Kier alpha value is -1.42. The topological polar surface area (TPSA) is 29.3 Å². The number of halogens is 1. The molecule has 0 aliphatic carbocycles. The van der Waals surface area contributed by atoms with Gasteiger partial charge in [-0.15, -0.1) is 0 Å². The first kappa shape index (κ1) is 9.78. The summed E-state index contributed by atoms with van der Waals surface area (Å²) >= 11 is 0. The van der Waals surface area contributed by atoms with Crippen LogP contribution in [0.3, 0.4) is 0 Å². The maximum atomic E-state index is 13.0. The molecule has 0 saturated carbocycles. The van der Waals surface area contributed by atoms with Crippen molar-refractivity contribution in [3.63, 3.8) is 0 Å². The van der Waals surface area contributed by atoms with Crippen LogP contribution in [0.4, 0.5) is 4.39 Å². The summed E-state index contributed by atoms with van der Waals surface area (Å²) < 4.78 is 15.0. The quantitative estimate of drug-likeness (QED) is 0.834. The number of rotatable bonds is 2. The smallest absolute Gasteiger partial charge is 0.126 e. The Morgan fingerprint density at radius 3 is 3.31 bits per heavy atom. The maximum Gasteiger partial charge on any atom is 0.126 e. The first-order valence-electron chi connectivity index (χ1n) is 5.68. The Morgan fingerprint density at radius 1 is 1.56 bits per heavy atom. The molecular weight excluding hydrogens is 205 g/mol. The van der Waals surface area contributed by atoms with E-state index >= 15 is 0 Å². The molecule has 16 heavy (non-hydrogen) atoms. The molecule has 2 aromatic rings. The number of hydrogen-bond acceptors (Lipinski definition) is 2. The average Bonchev–Trinajstić information content (AvgIpc) is 2.89.